The maximum absolute atomic E-state index is 13.3. The molecule has 0 saturated carbocycles. The molecule has 0 aliphatic rings. The average molecular weight is 287 g/mol. The fraction of sp³-hybridized carbons (Fsp3) is 0.308. The zero-order chi connectivity index (χ0) is 14.9. The predicted molar refractivity (Wildman–Crippen MR) is 65.5 cm³/mol. The number of imidazole rings is 1. The van der Waals surface area contributed by atoms with Gasteiger partial charge in [-0.3, -0.25) is 0 Å². The van der Waals surface area contributed by atoms with Crippen LogP contribution < -0.4 is 5.32 Å². The third-order valence-corrected chi connectivity index (χ3v) is 3.07. The van der Waals surface area contributed by atoms with Crippen molar-refractivity contribution < 1.29 is 17.6 Å². The molecule has 2 aromatic rings. The Balaban J connectivity index is 2.49. The van der Waals surface area contributed by atoms with E-state index in [0.29, 0.717) is 11.3 Å². The lowest BCUT2D eigenvalue weighted by atomic mass is 10.0. The molecule has 0 aliphatic heterocycles. The minimum absolute atomic E-state index is 0.324. The molecule has 7 heteroatoms. The van der Waals surface area contributed by atoms with Gasteiger partial charge in [-0.25, -0.2) is 9.37 Å². The van der Waals surface area contributed by atoms with Gasteiger partial charge in [-0.2, -0.15) is 13.2 Å². The molecule has 0 aliphatic carbocycles. The number of nitrogens with zero attached hydrogens (tertiary/aromatic N) is 2. The van der Waals surface area contributed by atoms with Crippen LogP contribution in [0.5, 0.6) is 0 Å². The summed E-state index contributed by atoms with van der Waals surface area (Å²) in [6.45, 7) is 0. The zero-order valence-electron chi connectivity index (χ0n) is 10.9. The quantitative estimate of drug-likeness (QED) is 0.880. The summed E-state index contributed by atoms with van der Waals surface area (Å²) in [5.74, 6) is -1.28. The molecule has 2 rings (SSSR count). The molecule has 1 N–H and O–H groups in total. The van der Waals surface area contributed by atoms with E-state index < -0.39 is 23.6 Å². The second-order valence-corrected chi connectivity index (χ2v) is 4.39. The molecular formula is C13H13F4N3. The van der Waals surface area contributed by atoms with Gasteiger partial charge in [0.2, 0.25) is 0 Å². The molecule has 3 nitrogen and oxygen atoms in total. The number of hydrogen-bond acceptors (Lipinski definition) is 2. The predicted octanol–water partition coefficient (Wildman–Crippen LogP) is 2.89. The lowest BCUT2D eigenvalue weighted by molar-refractivity contribution is -0.140. The molecule has 20 heavy (non-hydrogen) atoms. The second kappa shape index (κ2) is 5.24. The Hall–Kier alpha value is -1.89. The number of hydrogen-bond donors (Lipinski definition) is 1. The number of aryl methyl sites for hydroxylation is 1. The van der Waals surface area contributed by atoms with Crippen LogP contribution in [0, 0.1) is 5.82 Å². The maximum atomic E-state index is 13.3. The largest absolute Gasteiger partial charge is 0.419 e. The van der Waals surface area contributed by atoms with Crippen molar-refractivity contribution in [3.05, 3.63) is 53.4 Å². The van der Waals surface area contributed by atoms with Crippen molar-refractivity contribution in [3.63, 3.8) is 0 Å². The third-order valence-electron chi connectivity index (χ3n) is 3.07. The van der Waals surface area contributed by atoms with E-state index in [9.17, 15) is 17.6 Å². The van der Waals surface area contributed by atoms with Gasteiger partial charge in [-0.15, -0.1) is 0 Å². The first-order chi connectivity index (χ1) is 9.34. The summed E-state index contributed by atoms with van der Waals surface area (Å²) < 4.78 is 53.2. The van der Waals surface area contributed by atoms with Crippen LogP contribution in [-0.2, 0) is 13.2 Å². The van der Waals surface area contributed by atoms with Gasteiger partial charge in [0.1, 0.15) is 5.82 Å². The molecule has 1 unspecified atom stereocenters. The molecule has 1 heterocycles. The Kier molecular flexibility index (Phi) is 3.80. The normalized spacial score (nSPS) is 13.5. The van der Waals surface area contributed by atoms with Crippen molar-refractivity contribution in [2.75, 3.05) is 7.05 Å². The van der Waals surface area contributed by atoms with E-state index in [0.717, 1.165) is 12.1 Å². The number of rotatable bonds is 3. The van der Waals surface area contributed by atoms with E-state index in [4.69, 9.17) is 0 Å². The van der Waals surface area contributed by atoms with Crippen LogP contribution in [-0.4, -0.2) is 16.6 Å². The van der Waals surface area contributed by atoms with Crippen LogP contribution in [0.1, 0.15) is 22.9 Å². The minimum atomic E-state index is -4.72. The van der Waals surface area contributed by atoms with Crippen LogP contribution in [0.2, 0.25) is 0 Å². The molecule has 0 spiro atoms. The van der Waals surface area contributed by atoms with Gasteiger partial charge >= 0.3 is 6.18 Å². The van der Waals surface area contributed by atoms with E-state index >= 15 is 0 Å². The van der Waals surface area contributed by atoms with Gasteiger partial charge < -0.3 is 9.88 Å². The Labute approximate surface area is 113 Å². The van der Waals surface area contributed by atoms with Crippen LogP contribution in [0.25, 0.3) is 0 Å². The standard InChI is InChI=1S/C13H13F4N3/c1-18-12(11-6-19-7-20(11)2)8-3-4-10(14)9(5-8)13(15,16)17/h3-7,12,18H,1-2H3. The molecule has 0 bridgehead atoms. The van der Waals surface area contributed by atoms with Crippen molar-refractivity contribution in [1.29, 1.82) is 0 Å². The monoisotopic (exact) mass is 287 g/mol. The first-order valence-corrected chi connectivity index (χ1v) is 5.84. The zero-order valence-corrected chi connectivity index (χ0v) is 10.9. The highest BCUT2D eigenvalue weighted by Crippen LogP contribution is 2.34. The van der Waals surface area contributed by atoms with Gasteiger partial charge in [0.15, 0.2) is 0 Å². The molecule has 1 aromatic heterocycles. The fourth-order valence-electron chi connectivity index (χ4n) is 2.07. The summed E-state index contributed by atoms with van der Waals surface area (Å²) in [5.41, 5.74) is -0.255. The molecule has 0 amide bonds. The topological polar surface area (TPSA) is 29.9 Å². The summed E-state index contributed by atoms with van der Waals surface area (Å²) in [6.07, 6.45) is -1.61. The number of nitrogens with one attached hydrogen (secondary N) is 1. The first kappa shape index (κ1) is 14.5. The summed E-state index contributed by atoms with van der Waals surface area (Å²) in [6, 6.07) is 2.49. The average Bonchev–Trinajstić information content (AvgIpc) is 2.77. The van der Waals surface area contributed by atoms with Gasteiger partial charge in [-0.1, -0.05) is 6.07 Å². The van der Waals surface area contributed by atoms with Gasteiger partial charge in [0.25, 0.3) is 0 Å². The molecule has 0 radical (unpaired) electrons. The highest BCUT2D eigenvalue weighted by atomic mass is 19.4. The molecule has 1 atom stereocenters. The van der Waals surface area contributed by atoms with Gasteiger partial charge in [0.05, 0.1) is 29.8 Å². The van der Waals surface area contributed by atoms with Gasteiger partial charge in [0, 0.05) is 7.05 Å². The van der Waals surface area contributed by atoms with Crippen molar-refractivity contribution in [2.45, 2.75) is 12.2 Å². The fourth-order valence-corrected chi connectivity index (χ4v) is 2.07. The molecule has 108 valence electrons. The van der Waals surface area contributed by atoms with E-state index in [-0.39, 0.29) is 0 Å². The smallest absolute Gasteiger partial charge is 0.336 e. The van der Waals surface area contributed by atoms with Crippen molar-refractivity contribution >= 4 is 0 Å². The van der Waals surface area contributed by atoms with Crippen molar-refractivity contribution in [2.24, 2.45) is 7.05 Å². The Morgan fingerprint density at radius 3 is 2.50 bits per heavy atom. The van der Waals surface area contributed by atoms with Crippen LogP contribution in [0.15, 0.2) is 30.7 Å². The maximum Gasteiger partial charge on any atom is 0.419 e. The number of halogens is 4. The lowest BCUT2D eigenvalue weighted by Crippen LogP contribution is -2.21. The van der Waals surface area contributed by atoms with E-state index in [1.807, 2.05) is 0 Å². The van der Waals surface area contributed by atoms with Crippen LogP contribution in [0.4, 0.5) is 17.6 Å². The van der Waals surface area contributed by atoms with Crippen LogP contribution in [0.3, 0.4) is 0 Å². The molecule has 0 saturated heterocycles. The van der Waals surface area contributed by atoms with E-state index in [2.05, 4.69) is 10.3 Å². The van der Waals surface area contributed by atoms with E-state index in [1.165, 1.54) is 6.07 Å². The molecular weight excluding hydrogens is 274 g/mol. The molecule has 1 aromatic carbocycles. The summed E-state index contributed by atoms with van der Waals surface area (Å²) in [5, 5.41) is 2.91. The molecule has 0 fully saturated rings. The summed E-state index contributed by atoms with van der Waals surface area (Å²) in [4.78, 5) is 3.93. The number of alkyl halides is 3. The highest BCUT2D eigenvalue weighted by molar-refractivity contribution is 5.33. The highest BCUT2D eigenvalue weighted by Gasteiger charge is 2.34. The first-order valence-electron chi connectivity index (χ1n) is 5.84. The Morgan fingerprint density at radius 2 is 2.00 bits per heavy atom. The summed E-state index contributed by atoms with van der Waals surface area (Å²) in [7, 11) is 3.36. The minimum Gasteiger partial charge on any atom is -0.336 e. The van der Waals surface area contributed by atoms with Gasteiger partial charge in [-0.05, 0) is 24.7 Å². The SMILES string of the molecule is CNC(c1ccc(F)c(C(F)(F)F)c1)c1cncn1C. The van der Waals surface area contributed by atoms with Crippen molar-refractivity contribution in [3.8, 4) is 0 Å². The van der Waals surface area contributed by atoms with E-state index in [1.54, 1.807) is 31.2 Å². The number of aromatic nitrogens is 2. The number of benzene rings is 1. The second-order valence-electron chi connectivity index (χ2n) is 4.39. The Morgan fingerprint density at radius 1 is 1.30 bits per heavy atom. The van der Waals surface area contributed by atoms with Crippen LogP contribution >= 0.6 is 0 Å². The lowest BCUT2D eigenvalue weighted by Gasteiger charge is -2.19. The van der Waals surface area contributed by atoms with Crippen molar-refractivity contribution in [1.82, 2.24) is 14.9 Å². The Bertz CT molecular complexity index is 604. The third kappa shape index (κ3) is 2.67. The summed E-state index contributed by atoms with van der Waals surface area (Å²) >= 11 is 0.